The minimum Gasteiger partial charge on any atom is -0.490 e. The summed E-state index contributed by atoms with van der Waals surface area (Å²) in [5.41, 5.74) is 2.09. The van der Waals surface area contributed by atoms with E-state index in [1.807, 2.05) is 19.1 Å². The zero-order valence-corrected chi connectivity index (χ0v) is 19.6. The third-order valence-electron chi connectivity index (χ3n) is 4.89. The molecule has 2 aromatic rings. The number of nitrogens with one attached hydrogen (secondary N) is 1. The van der Waals surface area contributed by atoms with Gasteiger partial charge in [0.15, 0.2) is 23.2 Å². The first-order valence-corrected chi connectivity index (χ1v) is 11.6. The Balaban J connectivity index is 1.45. The Hall–Kier alpha value is -3.52. The molecule has 1 amide bonds. The molecule has 2 aliphatic rings. The molecule has 0 aromatic heterocycles. The van der Waals surface area contributed by atoms with Gasteiger partial charge >= 0.3 is 0 Å². The number of fused-ring (bicyclic) bond motifs is 1. The van der Waals surface area contributed by atoms with Crippen LogP contribution in [0.3, 0.4) is 0 Å². The number of benzene rings is 2. The SMILES string of the molecule is CCOc1cc(/C=C2/C(=N)N3OC(C)=CC3=NC2=O)ccc1OCCSc1ccc(C)cc1. The average Bonchev–Trinajstić information content (AvgIpc) is 3.17. The Labute approximate surface area is 197 Å². The van der Waals surface area contributed by atoms with E-state index >= 15 is 0 Å². The topological polar surface area (TPSA) is 84.2 Å². The first-order valence-electron chi connectivity index (χ1n) is 10.6. The fourth-order valence-corrected chi connectivity index (χ4v) is 4.05. The second-order valence-corrected chi connectivity index (χ2v) is 8.64. The summed E-state index contributed by atoms with van der Waals surface area (Å²) in [6.07, 6.45) is 3.24. The van der Waals surface area contributed by atoms with Gasteiger partial charge in [-0.1, -0.05) is 23.8 Å². The number of aliphatic imine (C=N–C) groups is 1. The number of allylic oxidation sites excluding steroid dienone is 1. The van der Waals surface area contributed by atoms with Crippen LogP contribution in [0.5, 0.6) is 11.5 Å². The van der Waals surface area contributed by atoms with Crippen molar-refractivity contribution in [3.8, 4) is 11.5 Å². The van der Waals surface area contributed by atoms with Gasteiger partial charge in [-0.2, -0.15) is 4.99 Å². The van der Waals surface area contributed by atoms with E-state index in [0.29, 0.717) is 41.9 Å². The molecule has 0 atom stereocenters. The number of hydrogen-bond donors (Lipinski definition) is 1. The Bertz CT molecular complexity index is 1170. The van der Waals surface area contributed by atoms with E-state index in [1.54, 1.807) is 36.9 Å². The molecule has 2 aromatic carbocycles. The lowest BCUT2D eigenvalue weighted by molar-refractivity contribution is -0.114. The summed E-state index contributed by atoms with van der Waals surface area (Å²) in [6.45, 7) is 6.72. The zero-order valence-electron chi connectivity index (χ0n) is 18.8. The van der Waals surface area contributed by atoms with Crippen LogP contribution in [0, 0.1) is 12.3 Å². The number of amides is 1. The molecule has 1 N–H and O–H groups in total. The fourth-order valence-electron chi connectivity index (χ4n) is 3.31. The van der Waals surface area contributed by atoms with Crippen molar-refractivity contribution in [2.45, 2.75) is 25.7 Å². The molecule has 0 spiro atoms. The van der Waals surface area contributed by atoms with E-state index in [1.165, 1.54) is 15.5 Å². The number of carbonyl (C=O) groups excluding carboxylic acids is 1. The summed E-state index contributed by atoms with van der Waals surface area (Å²) in [5.74, 6) is 2.39. The van der Waals surface area contributed by atoms with Crippen LogP contribution in [-0.4, -0.2) is 41.6 Å². The van der Waals surface area contributed by atoms with Gasteiger partial charge in [-0.15, -0.1) is 16.8 Å². The van der Waals surface area contributed by atoms with Crippen molar-refractivity contribution >= 4 is 35.4 Å². The van der Waals surface area contributed by atoms with Crippen molar-refractivity contribution in [3.63, 3.8) is 0 Å². The maximum atomic E-state index is 12.5. The molecule has 7 nitrogen and oxygen atoms in total. The Morgan fingerprint density at radius 2 is 1.91 bits per heavy atom. The van der Waals surface area contributed by atoms with Gasteiger partial charge in [-0.3, -0.25) is 10.2 Å². The number of hydroxylamine groups is 2. The van der Waals surface area contributed by atoms with Crippen LogP contribution in [0.1, 0.15) is 25.0 Å². The molecule has 33 heavy (non-hydrogen) atoms. The van der Waals surface area contributed by atoms with Crippen LogP contribution in [0.2, 0.25) is 0 Å². The van der Waals surface area contributed by atoms with E-state index in [9.17, 15) is 4.79 Å². The minimum absolute atomic E-state index is 0.0514. The third kappa shape index (κ3) is 5.28. The average molecular weight is 464 g/mol. The highest BCUT2D eigenvalue weighted by Crippen LogP contribution is 2.31. The van der Waals surface area contributed by atoms with Crippen molar-refractivity contribution in [2.24, 2.45) is 4.99 Å². The monoisotopic (exact) mass is 463 g/mol. The van der Waals surface area contributed by atoms with E-state index in [-0.39, 0.29) is 11.4 Å². The first-order chi connectivity index (χ1) is 15.9. The third-order valence-corrected chi connectivity index (χ3v) is 5.87. The quantitative estimate of drug-likeness (QED) is 0.336. The van der Waals surface area contributed by atoms with Gasteiger partial charge < -0.3 is 14.3 Å². The second-order valence-electron chi connectivity index (χ2n) is 7.47. The second kappa shape index (κ2) is 9.95. The number of carbonyl (C=O) groups is 1. The summed E-state index contributed by atoms with van der Waals surface area (Å²) in [6, 6.07) is 13.8. The number of hydrogen-bond acceptors (Lipinski definition) is 6. The molecule has 0 radical (unpaired) electrons. The Kier molecular flexibility index (Phi) is 6.84. The number of ether oxygens (including phenoxy) is 2. The first kappa shape index (κ1) is 22.7. The molecular weight excluding hydrogens is 438 g/mol. The highest BCUT2D eigenvalue weighted by atomic mass is 32.2. The molecule has 0 bridgehead atoms. The summed E-state index contributed by atoms with van der Waals surface area (Å²) < 4.78 is 11.7. The molecule has 170 valence electrons. The van der Waals surface area contributed by atoms with E-state index in [0.717, 1.165) is 5.75 Å². The lowest BCUT2D eigenvalue weighted by atomic mass is 10.1. The number of amidine groups is 2. The van der Waals surface area contributed by atoms with Crippen LogP contribution < -0.4 is 9.47 Å². The van der Waals surface area contributed by atoms with Crippen LogP contribution in [0.15, 0.2) is 69.8 Å². The smallest absolute Gasteiger partial charge is 0.282 e. The molecule has 2 heterocycles. The summed E-state index contributed by atoms with van der Waals surface area (Å²) in [7, 11) is 0. The van der Waals surface area contributed by atoms with Crippen LogP contribution >= 0.6 is 11.8 Å². The highest BCUT2D eigenvalue weighted by Gasteiger charge is 2.34. The fraction of sp³-hybridized carbons (Fsp3) is 0.240. The predicted octanol–water partition coefficient (Wildman–Crippen LogP) is 5.02. The van der Waals surface area contributed by atoms with Crippen molar-refractivity contribution in [1.29, 1.82) is 5.41 Å². The van der Waals surface area contributed by atoms with Crippen molar-refractivity contribution in [3.05, 3.63) is 71.0 Å². The van der Waals surface area contributed by atoms with Crippen molar-refractivity contribution < 1.29 is 19.1 Å². The van der Waals surface area contributed by atoms with Gasteiger partial charge in [0.2, 0.25) is 0 Å². The van der Waals surface area contributed by atoms with Crippen molar-refractivity contribution in [1.82, 2.24) is 5.06 Å². The Morgan fingerprint density at radius 1 is 1.12 bits per heavy atom. The summed E-state index contributed by atoms with van der Waals surface area (Å²) in [5, 5.41) is 9.60. The normalized spacial score (nSPS) is 16.3. The standard InChI is InChI=1S/C25H25N3O4S/c1-4-30-22-15-18(14-20-24(26)28-23(27-25(20)29)13-17(3)32-28)7-10-21(22)31-11-12-33-19-8-5-16(2)6-9-19/h5-10,13-15,26H,4,11-12H2,1-3H3/b20-14-,26-24?. The lowest BCUT2D eigenvalue weighted by Gasteiger charge is -2.23. The lowest BCUT2D eigenvalue weighted by Crippen LogP contribution is -2.38. The van der Waals surface area contributed by atoms with Gasteiger partial charge in [0, 0.05) is 16.7 Å². The molecule has 8 heteroatoms. The maximum Gasteiger partial charge on any atom is 0.282 e. The van der Waals surface area contributed by atoms with E-state index < -0.39 is 5.91 Å². The van der Waals surface area contributed by atoms with Gasteiger partial charge in [0.25, 0.3) is 5.91 Å². The van der Waals surface area contributed by atoms with Gasteiger partial charge in [0.1, 0.15) is 5.76 Å². The molecule has 2 aliphatic heterocycles. The summed E-state index contributed by atoms with van der Waals surface area (Å²) in [4.78, 5) is 23.2. The molecule has 0 saturated heterocycles. The van der Waals surface area contributed by atoms with Gasteiger partial charge in [0.05, 0.1) is 18.8 Å². The van der Waals surface area contributed by atoms with Crippen molar-refractivity contribution in [2.75, 3.05) is 19.0 Å². The van der Waals surface area contributed by atoms with E-state index in [2.05, 4.69) is 36.2 Å². The predicted molar refractivity (Wildman–Crippen MR) is 130 cm³/mol. The van der Waals surface area contributed by atoms with Crippen LogP contribution in [0.25, 0.3) is 6.08 Å². The largest absolute Gasteiger partial charge is 0.490 e. The number of rotatable bonds is 8. The molecule has 0 fully saturated rings. The molecular formula is C25H25N3O4S. The van der Waals surface area contributed by atoms with Gasteiger partial charge in [-0.05, 0) is 56.7 Å². The molecule has 0 aliphatic carbocycles. The highest BCUT2D eigenvalue weighted by molar-refractivity contribution is 7.99. The van der Waals surface area contributed by atoms with Crippen LogP contribution in [0.4, 0.5) is 0 Å². The molecule has 0 saturated carbocycles. The van der Waals surface area contributed by atoms with E-state index in [4.69, 9.17) is 19.7 Å². The number of nitrogens with zero attached hydrogens (tertiary/aromatic N) is 2. The summed E-state index contributed by atoms with van der Waals surface area (Å²) >= 11 is 1.73. The zero-order chi connectivity index (χ0) is 23.4. The number of aryl methyl sites for hydroxylation is 1. The van der Waals surface area contributed by atoms with Crippen LogP contribution in [-0.2, 0) is 9.63 Å². The number of thioether (sulfide) groups is 1. The Morgan fingerprint density at radius 3 is 2.67 bits per heavy atom. The maximum absolute atomic E-state index is 12.5. The van der Waals surface area contributed by atoms with Gasteiger partial charge in [-0.25, -0.2) is 0 Å². The molecule has 4 rings (SSSR count). The minimum atomic E-state index is -0.479. The molecule has 0 unspecified atom stereocenters.